The van der Waals surface area contributed by atoms with Gasteiger partial charge in [-0.1, -0.05) is 20.8 Å². The van der Waals surface area contributed by atoms with Gasteiger partial charge in [0.2, 0.25) is 0 Å². The van der Waals surface area contributed by atoms with Crippen LogP contribution in [-0.2, 0) is 4.74 Å². The summed E-state index contributed by atoms with van der Waals surface area (Å²) in [4.78, 5) is 7.16. The molecule has 5 heteroatoms. The van der Waals surface area contributed by atoms with Crippen LogP contribution >= 0.6 is 0 Å². The topological polar surface area (TPSA) is 48.9 Å². The molecule has 0 atom stereocenters. The van der Waals surface area contributed by atoms with Gasteiger partial charge >= 0.3 is 0 Å². The monoisotopic (exact) mass is 312 g/mol. The average molecular weight is 313 g/mol. The van der Waals surface area contributed by atoms with Gasteiger partial charge in [0.05, 0.1) is 0 Å². The summed E-state index contributed by atoms with van der Waals surface area (Å²) in [6.07, 6.45) is 3.73. The second kappa shape index (κ2) is 11.7. The number of rotatable bonds is 12. The zero-order valence-electron chi connectivity index (χ0n) is 15.0. The van der Waals surface area contributed by atoms with Gasteiger partial charge in [-0.2, -0.15) is 0 Å². The molecule has 0 saturated heterocycles. The van der Waals surface area contributed by atoms with E-state index in [-0.39, 0.29) is 0 Å². The van der Waals surface area contributed by atoms with E-state index >= 15 is 0 Å². The van der Waals surface area contributed by atoms with Crippen molar-refractivity contribution in [2.24, 2.45) is 10.9 Å². The molecule has 0 aliphatic heterocycles. The van der Waals surface area contributed by atoms with Crippen LogP contribution in [0.5, 0.6) is 0 Å². The normalized spacial score (nSPS) is 15.6. The first-order valence-corrected chi connectivity index (χ1v) is 9.01. The number of nitrogens with zero attached hydrogens (tertiary/aromatic N) is 2. The summed E-state index contributed by atoms with van der Waals surface area (Å²) in [6.45, 7) is 15.3. The van der Waals surface area contributed by atoms with Gasteiger partial charge in [-0.15, -0.1) is 0 Å². The minimum atomic E-state index is 0.607. The molecule has 2 N–H and O–H groups in total. The highest BCUT2D eigenvalue weighted by Gasteiger charge is 2.27. The molecule has 0 heterocycles. The van der Waals surface area contributed by atoms with Gasteiger partial charge in [-0.3, -0.25) is 9.89 Å². The van der Waals surface area contributed by atoms with E-state index in [0.29, 0.717) is 5.92 Å². The molecule has 1 aliphatic rings. The van der Waals surface area contributed by atoms with Crippen molar-refractivity contribution >= 4 is 5.96 Å². The summed E-state index contributed by atoms with van der Waals surface area (Å²) in [5.74, 6) is 1.54. The van der Waals surface area contributed by atoms with Crippen molar-refractivity contribution in [3.05, 3.63) is 0 Å². The van der Waals surface area contributed by atoms with Gasteiger partial charge < -0.3 is 15.4 Å². The molecule has 22 heavy (non-hydrogen) atoms. The summed E-state index contributed by atoms with van der Waals surface area (Å²) in [6, 6.07) is 0.837. The quantitative estimate of drug-likeness (QED) is 0.329. The van der Waals surface area contributed by atoms with Crippen molar-refractivity contribution in [1.82, 2.24) is 15.5 Å². The van der Waals surface area contributed by atoms with Crippen molar-refractivity contribution in [2.45, 2.75) is 53.0 Å². The Kier molecular flexibility index (Phi) is 10.2. The number of guanidine groups is 1. The molecular weight excluding hydrogens is 276 g/mol. The summed E-state index contributed by atoms with van der Waals surface area (Å²) in [7, 11) is 0. The maximum Gasteiger partial charge on any atom is 0.191 e. The molecule has 0 amide bonds. The summed E-state index contributed by atoms with van der Waals surface area (Å²) in [5, 5.41) is 6.74. The molecule has 1 rings (SSSR count). The molecule has 0 bridgehead atoms. The number of hydrogen-bond donors (Lipinski definition) is 2. The Morgan fingerprint density at radius 2 is 2.05 bits per heavy atom. The third-order valence-electron chi connectivity index (χ3n) is 3.67. The molecule has 0 aromatic carbocycles. The first-order valence-electron chi connectivity index (χ1n) is 9.01. The maximum absolute atomic E-state index is 5.58. The molecule has 0 spiro atoms. The van der Waals surface area contributed by atoms with E-state index in [4.69, 9.17) is 4.74 Å². The summed E-state index contributed by atoms with van der Waals surface area (Å²) < 4.78 is 5.58. The zero-order chi connectivity index (χ0) is 16.2. The lowest BCUT2D eigenvalue weighted by atomic mass is 10.2. The minimum Gasteiger partial charge on any atom is -0.381 e. The van der Waals surface area contributed by atoms with Crippen molar-refractivity contribution in [2.75, 3.05) is 45.9 Å². The molecule has 1 aliphatic carbocycles. The van der Waals surface area contributed by atoms with Crippen LogP contribution in [0.15, 0.2) is 4.99 Å². The van der Waals surface area contributed by atoms with Gasteiger partial charge in [0.25, 0.3) is 0 Å². The Balaban J connectivity index is 2.14. The van der Waals surface area contributed by atoms with Crippen molar-refractivity contribution in [3.8, 4) is 0 Å². The fourth-order valence-corrected chi connectivity index (χ4v) is 2.37. The second-order valence-electron chi connectivity index (χ2n) is 6.37. The predicted octanol–water partition coefficient (Wildman–Crippen LogP) is 2.09. The highest BCUT2D eigenvalue weighted by molar-refractivity contribution is 5.79. The number of ether oxygens (including phenoxy) is 1. The van der Waals surface area contributed by atoms with Crippen LogP contribution in [0.3, 0.4) is 0 Å². The molecule has 1 saturated carbocycles. The smallest absolute Gasteiger partial charge is 0.191 e. The van der Waals surface area contributed by atoms with Crippen LogP contribution < -0.4 is 10.6 Å². The molecule has 0 radical (unpaired) electrons. The maximum atomic E-state index is 5.58. The van der Waals surface area contributed by atoms with E-state index in [1.807, 2.05) is 0 Å². The zero-order valence-corrected chi connectivity index (χ0v) is 15.0. The van der Waals surface area contributed by atoms with Crippen molar-refractivity contribution < 1.29 is 4.74 Å². The van der Waals surface area contributed by atoms with E-state index in [1.54, 1.807) is 0 Å². The second-order valence-corrected chi connectivity index (χ2v) is 6.37. The molecule has 5 nitrogen and oxygen atoms in total. The summed E-state index contributed by atoms with van der Waals surface area (Å²) >= 11 is 0. The fraction of sp³-hybridized carbons (Fsp3) is 0.941. The lowest BCUT2D eigenvalue weighted by molar-refractivity contribution is 0.109. The van der Waals surface area contributed by atoms with Crippen molar-refractivity contribution in [3.63, 3.8) is 0 Å². The van der Waals surface area contributed by atoms with E-state index in [2.05, 4.69) is 48.2 Å². The van der Waals surface area contributed by atoms with Gasteiger partial charge in [-0.25, -0.2) is 0 Å². The Labute approximate surface area is 136 Å². The third-order valence-corrected chi connectivity index (χ3v) is 3.67. The first kappa shape index (κ1) is 19.2. The van der Waals surface area contributed by atoms with Gasteiger partial charge in [-0.05, 0) is 38.6 Å². The number of nitrogens with one attached hydrogen (secondary N) is 2. The Morgan fingerprint density at radius 1 is 1.27 bits per heavy atom. The van der Waals surface area contributed by atoms with Gasteiger partial charge in [0.1, 0.15) is 0 Å². The van der Waals surface area contributed by atoms with Gasteiger partial charge in [0.15, 0.2) is 5.96 Å². The van der Waals surface area contributed by atoms with Crippen LogP contribution in [0.1, 0.15) is 47.0 Å². The van der Waals surface area contributed by atoms with Crippen molar-refractivity contribution in [1.29, 1.82) is 0 Å². The Morgan fingerprint density at radius 3 is 2.64 bits per heavy atom. The Bertz CT molecular complexity index is 303. The SMILES string of the molecule is CCNC(=NCCCOCC(C)C)NCCN(CC)C1CC1. The third kappa shape index (κ3) is 9.26. The van der Waals surface area contributed by atoms with E-state index in [0.717, 1.165) is 64.4 Å². The van der Waals surface area contributed by atoms with Crippen LogP contribution in [0.2, 0.25) is 0 Å². The van der Waals surface area contributed by atoms with Crippen LogP contribution in [0, 0.1) is 5.92 Å². The summed E-state index contributed by atoms with van der Waals surface area (Å²) in [5.41, 5.74) is 0. The van der Waals surface area contributed by atoms with Gasteiger partial charge in [0, 0.05) is 45.4 Å². The number of aliphatic imine (C=N–C) groups is 1. The minimum absolute atomic E-state index is 0.607. The standard InChI is InChI=1S/C17H36N4O/c1-5-18-17(19-10-7-13-22-14-15(3)4)20-11-12-21(6-2)16-8-9-16/h15-16H,5-14H2,1-4H3,(H2,18,19,20). The molecular formula is C17H36N4O. The number of likely N-dealkylation sites (N-methyl/N-ethyl adjacent to an activating group) is 1. The fourth-order valence-electron chi connectivity index (χ4n) is 2.37. The van der Waals surface area contributed by atoms with Crippen LogP contribution in [0.4, 0.5) is 0 Å². The molecule has 0 aromatic heterocycles. The van der Waals surface area contributed by atoms with E-state index < -0.39 is 0 Å². The Hall–Kier alpha value is -0.810. The highest BCUT2D eigenvalue weighted by atomic mass is 16.5. The van der Waals surface area contributed by atoms with E-state index in [1.165, 1.54) is 12.8 Å². The first-order chi connectivity index (χ1) is 10.7. The lowest BCUT2D eigenvalue weighted by Gasteiger charge is -2.20. The molecule has 0 unspecified atom stereocenters. The van der Waals surface area contributed by atoms with Crippen LogP contribution in [0.25, 0.3) is 0 Å². The highest BCUT2D eigenvalue weighted by Crippen LogP contribution is 2.25. The molecule has 0 aromatic rings. The average Bonchev–Trinajstić information content (AvgIpc) is 3.31. The predicted molar refractivity (Wildman–Crippen MR) is 94.5 cm³/mol. The van der Waals surface area contributed by atoms with E-state index in [9.17, 15) is 0 Å². The number of hydrogen-bond acceptors (Lipinski definition) is 3. The molecule has 1 fully saturated rings. The largest absolute Gasteiger partial charge is 0.381 e. The van der Waals surface area contributed by atoms with Crippen LogP contribution in [-0.4, -0.2) is 62.8 Å². The lowest BCUT2D eigenvalue weighted by Crippen LogP contribution is -2.42. The molecule has 130 valence electrons.